The van der Waals surface area contributed by atoms with Crippen molar-refractivity contribution in [1.82, 2.24) is 0 Å². The molecule has 0 aromatic heterocycles. The molecule has 11 N–H and O–H groups in total. The zero-order valence-electron chi connectivity index (χ0n) is 12.0. The van der Waals surface area contributed by atoms with Crippen LogP contribution in [0, 0.1) is 0 Å². The molecule has 1 saturated heterocycles. The zero-order chi connectivity index (χ0) is 16.6. The van der Waals surface area contributed by atoms with Crippen molar-refractivity contribution in [1.29, 1.82) is 0 Å². The second kappa shape index (κ2) is 7.01. The number of hydrogen-bond donors (Lipinski definition) is 8. The van der Waals surface area contributed by atoms with Gasteiger partial charge in [-0.2, -0.15) is 0 Å². The van der Waals surface area contributed by atoms with Crippen molar-refractivity contribution >= 4 is 0 Å². The summed E-state index contributed by atoms with van der Waals surface area (Å²) in [5.74, 6) is 0. The Bertz CT molecular complexity index is 375. The van der Waals surface area contributed by atoms with Crippen LogP contribution < -0.4 is 17.2 Å². The summed E-state index contributed by atoms with van der Waals surface area (Å²) in [5.41, 5.74) is 16.9. The minimum absolute atomic E-state index is 0.0996. The van der Waals surface area contributed by atoms with Crippen LogP contribution in [0.4, 0.5) is 0 Å². The van der Waals surface area contributed by atoms with Crippen LogP contribution in [0.2, 0.25) is 0 Å². The normalized spacial score (nSPS) is 53.5. The summed E-state index contributed by atoms with van der Waals surface area (Å²) in [6.07, 6.45) is -10.1. The molecule has 1 heterocycles. The van der Waals surface area contributed by atoms with Gasteiger partial charge in [0.25, 0.3) is 0 Å². The molecule has 10 unspecified atom stereocenters. The molecule has 130 valence electrons. The fourth-order valence-corrected chi connectivity index (χ4v) is 2.85. The molecule has 2 rings (SSSR count). The summed E-state index contributed by atoms with van der Waals surface area (Å²) >= 11 is 0. The molecular formula is C12H25N3O7. The van der Waals surface area contributed by atoms with E-state index in [1.165, 1.54) is 0 Å². The minimum atomic E-state index is -1.55. The Morgan fingerprint density at radius 1 is 0.864 bits per heavy atom. The van der Waals surface area contributed by atoms with Gasteiger partial charge < -0.3 is 52.2 Å². The smallest absolute Gasteiger partial charge is 0.187 e. The van der Waals surface area contributed by atoms with Crippen molar-refractivity contribution in [2.75, 3.05) is 6.54 Å². The van der Waals surface area contributed by atoms with E-state index >= 15 is 0 Å². The highest BCUT2D eigenvalue weighted by Crippen LogP contribution is 2.27. The number of aliphatic hydroxyl groups is 5. The molecule has 0 amide bonds. The molecule has 10 heteroatoms. The number of ether oxygens (including phenoxy) is 2. The Labute approximate surface area is 127 Å². The highest BCUT2D eigenvalue weighted by atomic mass is 16.7. The van der Waals surface area contributed by atoms with E-state index in [1.807, 2.05) is 0 Å². The topological polar surface area (TPSA) is 198 Å². The van der Waals surface area contributed by atoms with Gasteiger partial charge in [-0.15, -0.1) is 0 Å². The first kappa shape index (κ1) is 17.9. The molecule has 22 heavy (non-hydrogen) atoms. The lowest BCUT2D eigenvalue weighted by Gasteiger charge is -2.45. The van der Waals surface area contributed by atoms with E-state index < -0.39 is 61.1 Å². The van der Waals surface area contributed by atoms with Crippen molar-refractivity contribution in [3.8, 4) is 0 Å². The predicted octanol–water partition coefficient (Wildman–Crippen LogP) is -5.08. The largest absolute Gasteiger partial charge is 0.389 e. The monoisotopic (exact) mass is 323 g/mol. The van der Waals surface area contributed by atoms with E-state index in [2.05, 4.69) is 0 Å². The van der Waals surface area contributed by atoms with Gasteiger partial charge in [-0.3, -0.25) is 0 Å². The molecule has 10 atom stereocenters. The van der Waals surface area contributed by atoms with Crippen LogP contribution in [0.3, 0.4) is 0 Å². The van der Waals surface area contributed by atoms with E-state index in [0.717, 1.165) is 0 Å². The van der Waals surface area contributed by atoms with E-state index in [-0.39, 0.29) is 13.0 Å². The van der Waals surface area contributed by atoms with Crippen LogP contribution in [0.1, 0.15) is 6.42 Å². The SMILES string of the molecule is NCC1OC(OC2C(N)CC(N)C(O)C2O)C(O)C(O)C1O. The van der Waals surface area contributed by atoms with Gasteiger partial charge in [-0.05, 0) is 6.42 Å². The second-order valence-corrected chi connectivity index (χ2v) is 5.90. The molecule has 0 radical (unpaired) electrons. The van der Waals surface area contributed by atoms with E-state index in [9.17, 15) is 25.5 Å². The third-order valence-corrected chi connectivity index (χ3v) is 4.28. The maximum atomic E-state index is 10.0. The average Bonchev–Trinajstić information content (AvgIpc) is 2.49. The van der Waals surface area contributed by atoms with Crippen LogP contribution in [-0.2, 0) is 9.47 Å². The maximum Gasteiger partial charge on any atom is 0.187 e. The molecular weight excluding hydrogens is 298 g/mol. The molecule has 10 nitrogen and oxygen atoms in total. The summed E-state index contributed by atoms with van der Waals surface area (Å²) in [7, 11) is 0. The molecule has 1 saturated carbocycles. The van der Waals surface area contributed by atoms with E-state index in [1.54, 1.807) is 0 Å². The fraction of sp³-hybridized carbons (Fsp3) is 1.00. The van der Waals surface area contributed by atoms with Gasteiger partial charge in [-0.1, -0.05) is 0 Å². The fourth-order valence-electron chi connectivity index (χ4n) is 2.85. The Kier molecular flexibility index (Phi) is 5.72. The Morgan fingerprint density at radius 2 is 1.50 bits per heavy atom. The van der Waals surface area contributed by atoms with Gasteiger partial charge >= 0.3 is 0 Å². The Balaban J connectivity index is 2.08. The maximum absolute atomic E-state index is 10.0. The first-order valence-corrected chi connectivity index (χ1v) is 7.20. The molecule has 0 aromatic carbocycles. The number of nitrogens with two attached hydrogens (primary N) is 3. The van der Waals surface area contributed by atoms with E-state index in [0.29, 0.717) is 0 Å². The van der Waals surface area contributed by atoms with Gasteiger partial charge in [0, 0.05) is 18.6 Å². The summed E-state index contributed by atoms with van der Waals surface area (Å²) < 4.78 is 10.8. The van der Waals surface area contributed by atoms with Crippen molar-refractivity contribution < 1.29 is 35.0 Å². The van der Waals surface area contributed by atoms with Gasteiger partial charge in [0.05, 0.1) is 6.10 Å². The molecule has 2 aliphatic rings. The quantitative estimate of drug-likeness (QED) is 0.248. The van der Waals surface area contributed by atoms with Crippen molar-refractivity contribution in [3.63, 3.8) is 0 Å². The highest BCUT2D eigenvalue weighted by molar-refractivity contribution is 4.99. The molecule has 0 spiro atoms. The number of rotatable bonds is 3. The lowest BCUT2D eigenvalue weighted by molar-refractivity contribution is -0.318. The molecule has 0 aromatic rings. The Morgan fingerprint density at radius 3 is 2.09 bits per heavy atom. The third-order valence-electron chi connectivity index (χ3n) is 4.28. The molecule has 1 aliphatic heterocycles. The standard InChI is InChI=1S/C12H25N3O7/c13-2-5-7(17)8(18)10(20)12(21-5)22-11-4(15)1-3(14)6(16)9(11)19/h3-12,16-20H,1-2,13-15H2. The summed E-state index contributed by atoms with van der Waals surface area (Å²) in [6.45, 7) is -0.0996. The first-order chi connectivity index (χ1) is 10.3. The lowest BCUT2D eigenvalue weighted by atomic mass is 9.84. The summed E-state index contributed by atoms with van der Waals surface area (Å²) in [5, 5.41) is 49.3. The lowest BCUT2D eigenvalue weighted by Crippen LogP contribution is -2.65. The Hall–Kier alpha value is -0.400. The van der Waals surface area contributed by atoms with Gasteiger partial charge in [0.1, 0.15) is 36.6 Å². The molecule has 0 bridgehead atoms. The van der Waals surface area contributed by atoms with Gasteiger partial charge in [0.2, 0.25) is 0 Å². The van der Waals surface area contributed by atoms with Crippen LogP contribution >= 0.6 is 0 Å². The summed E-state index contributed by atoms with van der Waals surface area (Å²) in [4.78, 5) is 0. The van der Waals surface area contributed by atoms with Gasteiger partial charge in [0.15, 0.2) is 6.29 Å². The average molecular weight is 323 g/mol. The highest BCUT2D eigenvalue weighted by Gasteiger charge is 2.48. The van der Waals surface area contributed by atoms with Crippen LogP contribution in [0.15, 0.2) is 0 Å². The van der Waals surface area contributed by atoms with Crippen LogP contribution in [0.5, 0.6) is 0 Å². The first-order valence-electron chi connectivity index (χ1n) is 7.20. The van der Waals surface area contributed by atoms with Crippen LogP contribution in [0.25, 0.3) is 0 Å². The number of aliphatic hydroxyl groups excluding tert-OH is 5. The number of hydrogen-bond acceptors (Lipinski definition) is 10. The van der Waals surface area contributed by atoms with Crippen molar-refractivity contribution in [3.05, 3.63) is 0 Å². The van der Waals surface area contributed by atoms with E-state index in [4.69, 9.17) is 26.7 Å². The van der Waals surface area contributed by atoms with Crippen molar-refractivity contribution in [2.24, 2.45) is 17.2 Å². The predicted molar refractivity (Wildman–Crippen MR) is 73.2 cm³/mol. The minimum Gasteiger partial charge on any atom is -0.389 e. The van der Waals surface area contributed by atoms with Crippen LogP contribution in [-0.4, -0.2) is 93.2 Å². The van der Waals surface area contributed by atoms with Gasteiger partial charge in [-0.25, -0.2) is 0 Å². The summed E-state index contributed by atoms with van der Waals surface area (Å²) in [6, 6.07) is -1.38. The third kappa shape index (κ3) is 3.26. The molecule has 2 fully saturated rings. The zero-order valence-corrected chi connectivity index (χ0v) is 12.0. The molecule has 1 aliphatic carbocycles. The second-order valence-electron chi connectivity index (χ2n) is 5.90. The van der Waals surface area contributed by atoms with Crippen molar-refractivity contribution in [2.45, 2.75) is 67.5 Å².